The summed E-state index contributed by atoms with van der Waals surface area (Å²) >= 11 is 9.47. The van der Waals surface area contributed by atoms with Crippen LogP contribution in [0.1, 0.15) is 38.3 Å². The van der Waals surface area contributed by atoms with Gasteiger partial charge in [0.2, 0.25) is 0 Å². The molecule has 0 fully saturated rings. The molecule has 0 saturated heterocycles. The van der Waals surface area contributed by atoms with E-state index in [4.69, 9.17) is 21.1 Å². The van der Waals surface area contributed by atoms with Crippen molar-refractivity contribution in [2.24, 2.45) is 5.10 Å². The van der Waals surface area contributed by atoms with Gasteiger partial charge < -0.3 is 14.8 Å². The van der Waals surface area contributed by atoms with Crippen molar-refractivity contribution in [3.05, 3.63) is 56.8 Å². The molecule has 10 heteroatoms. The van der Waals surface area contributed by atoms with Gasteiger partial charge >= 0.3 is 11.8 Å². The third-order valence-corrected chi connectivity index (χ3v) is 5.27. The van der Waals surface area contributed by atoms with Gasteiger partial charge in [-0.15, -0.1) is 0 Å². The van der Waals surface area contributed by atoms with Crippen LogP contribution in [-0.4, -0.2) is 30.7 Å². The second kappa shape index (κ2) is 12.4. The Labute approximate surface area is 199 Å². The maximum absolute atomic E-state index is 14.0. The summed E-state index contributed by atoms with van der Waals surface area (Å²) in [6.07, 6.45) is 2.06. The van der Waals surface area contributed by atoms with Gasteiger partial charge in [0.1, 0.15) is 12.4 Å². The second-order valence-corrected chi connectivity index (χ2v) is 8.00. The summed E-state index contributed by atoms with van der Waals surface area (Å²) in [5, 5.41) is 6.63. The minimum atomic E-state index is -0.868. The van der Waals surface area contributed by atoms with Crippen LogP contribution in [0, 0.1) is 5.82 Å². The largest absolute Gasteiger partial charge is 0.490 e. The molecule has 2 aromatic rings. The number of ether oxygens (including phenoxy) is 2. The maximum Gasteiger partial charge on any atom is 0.329 e. The number of carbonyl (C=O) groups is 2. The summed E-state index contributed by atoms with van der Waals surface area (Å²) in [7, 11) is 0. The molecule has 172 valence electrons. The topological polar surface area (TPSA) is 89.0 Å². The number of nitrogens with one attached hydrogen (secondary N) is 2. The van der Waals surface area contributed by atoms with E-state index in [2.05, 4.69) is 31.8 Å². The van der Waals surface area contributed by atoms with E-state index in [1.165, 1.54) is 18.3 Å². The van der Waals surface area contributed by atoms with Crippen molar-refractivity contribution in [2.75, 3.05) is 6.61 Å². The Morgan fingerprint density at radius 2 is 2.00 bits per heavy atom. The summed E-state index contributed by atoms with van der Waals surface area (Å²) in [6, 6.07) is 7.61. The first-order valence-electron chi connectivity index (χ1n) is 9.92. The van der Waals surface area contributed by atoms with E-state index < -0.39 is 17.6 Å². The molecule has 0 heterocycles. The van der Waals surface area contributed by atoms with Gasteiger partial charge in [0, 0.05) is 11.6 Å². The number of amides is 2. The van der Waals surface area contributed by atoms with E-state index in [1.54, 1.807) is 25.1 Å². The first-order valence-corrected chi connectivity index (χ1v) is 11.1. The molecule has 0 saturated carbocycles. The van der Waals surface area contributed by atoms with Crippen molar-refractivity contribution in [3.63, 3.8) is 0 Å². The number of hydrogen-bond acceptors (Lipinski definition) is 5. The van der Waals surface area contributed by atoms with Crippen molar-refractivity contribution in [1.29, 1.82) is 0 Å². The molecule has 0 aliphatic heterocycles. The molecule has 2 N–H and O–H groups in total. The van der Waals surface area contributed by atoms with E-state index in [0.717, 1.165) is 0 Å². The van der Waals surface area contributed by atoms with Crippen molar-refractivity contribution in [1.82, 2.24) is 10.7 Å². The van der Waals surface area contributed by atoms with Crippen molar-refractivity contribution < 1.29 is 23.5 Å². The van der Waals surface area contributed by atoms with E-state index in [-0.39, 0.29) is 23.2 Å². The zero-order chi connectivity index (χ0) is 23.7. The fraction of sp³-hybridized carbons (Fsp3) is 0.318. The lowest BCUT2D eigenvalue weighted by molar-refractivity contribution is -0.139. The Morgan fingerprint density at radius 1 is 1.25 bits per heavy atom. The molecule has 0 bridgehead atoms. The summed E-state index contributed by atoms with van der Waals surface area (Å²) in [4.78, 5) is 23.6. The first kappa shape index (κ1) is 25.6. The molecule has 0 aromatic heterocycles. The SMILES string of the molecule is CCOc1cc(/C=N\NC(=O)C(=O)N[C@@H](C)CC)cc(Br)c1OCc1c(F)cccc1Cl. The number of nitrogens with zero attached hydrogens (tertiary/aromatic N) is 1. The molecule has 0 spiro atoms. The summed E-state index contributed by atoms with van der Waals surface area (Å²) in [6.45, 7) is 5.76. The highest BCUT2D eigenvalue weighted by atomic mass is 79.9. The average Bonchev–Trinajstić information content (AvgIpc) is 2.74. The van der Waals surface area contributed by atoms with Crippen molar-refractivity contribution >= 4 is 45.6 Å². The Kier molecular flexibility index (Phi) is 9.93. The van der Waals surface area contributed by atoms with Gasteiger partial charge in [-0.3, -0.25) is 9.59 Å². The molecule has 2 amide bonds. The van der Waals surface area contributed by atoms with Gasteiger partial charge in [-0.2, -0.15) is 5.10 Å². The normalized spacial score (nSPS) is 11.8. The van der Waals surface area contributed by atoms with Gasteiger partial charge in [0.25, 0.3) is 0 Å². The highest BCUT2D eigenvalue weighted by molar-refractivity contribution is 9.10. The molecule has 0 radical (unpaired) electrons. The van der Waals surface area contributed by atoms with Gasteiger partial charge in [0.15, 0.2) is 11.5 Å². The molecular formula is C22H24BrClFN3O4. The predicted molar refractivity (Wildman–Crippen MR) is 125 cm³/mol. The summed E-state index contributed by atoms with van der Waals surface area (Å²) in [5.41, 5.74) is 2.98. The minimum absolute atomic E-state index is 0.0982. The lowest BCUT2D eigenvalue weighted by Gasteiger charge is -2.15. The summed E-state index contributed by atoms with van der Waals surface area (Å²) < 4.78 is 26.0. The minimum Gasteiger partial charge on any atom is -0.490 e. The van der Waals surface area contributed by atoms with Crippen LogP contribution in [0.3, 0.4) is 0 Å². The summed E-state index contributed by atoms with van der Waals surface area (Å²) in [5.74, 6) is -1.35. The molecular weight excluding hydrogens is 505 g/mol. The van der Waals surface area contributed by atoms with Gasteiger partial charge in [-0.1, -0.05) is 24.6 Å². The zero-order valence-electron chi connectivity index (χ0n) is 17.9. The molecule has 0 unspecified atom stereocenters. The highest BCUT2D eigenvalue weighted by Gasteiger charge is 2.16. The molecule has 7 nitrogen and oxygen atoms in total. The van der Waals surface area contributed by atoms with Crippen LogP contribution in [0.4, 0.5) is 4.39 Å². The van der Waals surface area contributed by atoms with Crippen LogP contribution >= 0.6 is 27.5 Å². The highest BCUT2D eigenvalue weighted by Crippen LogP contribution is 2.37. The van der Waals surface area contributed by atoms with E-state index in [9.17, 15) is 14.0 Å². The molecule has 0 aliphatic rings. The van der Waals surface area contributed by atoms with Crippen LogP contribution in [0.15, 0.2) is 39.9 Å². The molecule has 2 aromatic carbocycles. The molecule has 32 heavy (non-hydrogen) atoms. The standard InChI is InChI=1S/C22H24BrClFN3O4/c1-4-13(3)27-21(29)22(30)28-26-11-14-9-16(23)20(19(10-14)31-5-2)32-12-15-17(24)7-6-8-18(15)25/h6-11,13H,4-5,12H2,1-3H3,(H,27,29)(H,28,30)/b26-11-/t13-/m0/s1. The van der Waals surface area contributed by atoms with Crippen LogP contribution in [0.5, 0.6) is 11.5 Å². The Balaban J connectivity index is 2.13. The lowest BCUT2D eigenvalue weighted by atomic mass is 10.2. The first-order chi connectivity index (χ1) is 15.3. The second-order valence-electron chi connectivity index (χ2n) is 6.73. The average molecular weight is 529 g/mol. The Bertz CT molecular complexity index is 983. The van der Waals surface area contributed by atoms with Crippen LogP contribution in [0.25, 0.3) is 0 Å². The predicted octanol–water partition coefficient (Wildman–Crippen LogP) is 4.58. The number of rotatable bonds is 9. The maximum atomic E-state index is 14.0. The Morgan fingerprint density at radius 3 is 2.66 bits per heavy atom. The van der Waals surface area contributed by atoms with Crippen molar-refractivity contribution in [2.45, 2.75) is 39.8 Å². The molecule has 2 rings (SSSR count). The van der Waals surface area contributed by atoms with Crippen LogP contribution in [0.2, 0.25) is 5.02 Å². The number of carbonyl (C=O) groups excluding carboxylic acids is 2. The number of benzene rings is 2. The van der Waals surface area contributed by atoms with Gasteiger partial charge in [-0.25, -0.2) is 9.82 Å². The monoisotopic (exact) mass is 527 g/mol. The fourth-order valence-corrected chi connectivity index (χ4v) is 3.28. The van der Waals surface area contributed by atoms with Crippen LogP contribution in [-0.2, 0) is 16.2 Å². The lowest BCUT2D eigenvalue weighted by Crippen LogP contribution is -2.41. The number of hydrogen-bond donors (Lipinski definition) is 2. The third kappa shape index (κ3) is 7.20. The quantitative estimate of drug-likeness (QED) is 0.283. The molecule has 1 atom stereocenters. The number of halogens is 3. The smallest absolute Gasteiger partial charge is 0.329 e. The fourth-order valence-electron chi connectivity index (χ4n) is 2.49. The van der Waals surface area contributed by atoms with E-state index in [0.29, 0.717) is 34.6 Å². The van der Waals surface area contributed by atoms with Gasteiger partial charge in [0.05, 0.1) is 22.3 Å². The van der Waals surface area contributed by atoms with E-state index >= 15 is 0 Å². The third-order valence-electron chi connectivity index (χ3n) is 4.33. The number of hydrazone groups is 1. The Hall–Kier alpha value is -2.65. The van der Waals surface area contributed by atoms with Gasteiger partial charge in [-0.05, 0) is 66.0 Å². The van der Waals surface area contributed by atoms with Crippen LogP contribution < -0.4 is 20.2 Å². The van der Waals surface area contributed by atoms with Crippen molar-refractivity contribution in [3.8, 4) is 11.5 Å². The zero-order valence-corrected chi connectivity index (χ0v) is 20.2. The molecule has 0 aliphatic carbocycles. The van der Waals surface area contributed by atoms with E-state index in [1.807, 2.05) is 13.8 Å².